The fraction of sp³-hybridized carbons (Fsp3) is 0.114. The minimum absolute atomic E-state index is 0.562. The highest BCUT2D eigenvalue weighted by atomic mass is 15.3. The van der Waals surface area contributed by atoms with Gasteiger partial charge in [0.2, 0.25) is 0 Å². The molecule has 0 amide bonds. The minimum atomic E-state index is 0.562. The van der Waals surface area contributed by atoms with Crippen LogP contribution in [0, 0.1) is 19.8 Å². The van der Waals surface area contributed by atoms with Gasteiger partial charge in [-0.1, -0.05) is 73.7 Å². The van der Waals surface area contributed by atoms with E-state index in [1.54, 1.807) is 0 Å². The topological polar surface area (TPSA) is 85.2 Å². The molecule has 0 saturated carbocycles. The zero-order valence-corrected chi connectivity index (χ0v) is 29.2. The number of hydrogen-bond acceptors (Lipinski definition) is 7. The first-order valence-corrected chi connectivity index (χ1v) is 17.2. The molecular formula is C44H43N7. The third kappa shape index (κ3) is 9.80. The Morgan fingerprint density at radius 3 is 1.39 bits per heavy atom. The van der Waals surface area contributed by atoms with Gasteiger partial charge in [-0.2, -0.15) is 15.3 Å². The van der Waals surface area contributed by atoms with E-state index in [4.69, 9.17) is 0 Å². The number of anilines is 3. The molecule has 0 aliphatic heterocycles. The highest BCUT2D eigenvalue weighted by molar-refractivity contribution is 5.94. The largest absolute Gasteiger partial charge is 0.362 e. The van der Waals surface area contributed by atoms with Crippen LogP contribution in [0.1, 0.15) is 46.7 Å². The second-order valence-electron chi connectivity index (χ2n) is 12.5. The molecule has 7 nitrogen and oxygen atoms in total. The molecule has 5 aromatic rings. The summed E-state index contributed by atoms with van der Waals surface area (Å²) in [5.41, 5.74) is 21.6. The molecule has 5 aromatic carbocycles. The van der Waals surface area contributed by atoms with E-state index in [0.29, 0.717) is 5.92 Å². The van der Waals surface area contributed by atoms with Crippen LogP contribution >= 0.6 is 0 Å². The van der Waals surface area contributed by atoms with Crippen LogP contribution in [0.4, 0.5) is 17.1 Å². The van der Waals surface area contributed by atoms with E-state index in [1.807, 2.05) is 116 Å². The molecule has 0 radical (unpaired) electrons. The number of rotatable bonds is 13. The van der Waals surface area contributed by atoms with Gasteiger partial charge >= 0.3 is 0 Å². The monoisotopic (exact) mass is 669 g/mol. The Hall–Kier alpha value is -6.47. The molecular weight excluding hydrogens is 627 g/mol. The van der Waals surface area contributed by atoms with Crippen LogP contribution < -0.4 is 21.6 Å². The van der Waals surface area contributed by atoms with Gasteiger partial charge in [-0.15, -0.1) is 0 Å². The molecule has 51 heavy (non-hydrogen) atoms. The summed E-state index contributed by atoms with van der Waals surface area (Å²) in [5, 5.41) is 17.2. The second kappa shape index (κ2) is 17.3. The molecule has 0 fully saturated rings. The number of para-hydroxylation sites is 3. The fourth-order valence-corrected chi connectivity index (χ4v) is 5.56. The Kier molecular flexibility index (Phi) is 11.6. The van der Waals surface area contributed by atoms with E-state index in [1.165, 1.54) is 0 Å². The Bertz CT molecular complexity index is 2020. The average Bonchev–Trinajstić information content (AvgIpc) is 3.16. The maximum absolute atomic E-state index is 4.61. The van der Waals surface area contributed by atoms with Crippen LogP contribution in [0.25, 0.3) is 17.2 Å². The summed E-state index contributed by atoms with van der Waals surface area (Å²) in [6, 6.07) is 38.6. The van der Waals surface area contributed by atoms with Crippen molar-refractivity contribution in [1.29, 1.82) is 0 Å². The van der Waals surface area contributed by atoms with Gasteiger partial charge in [0, 0.05) is 11.9 Å². The lowest BCUT2D eigenvalue weighted by atomic mass is 9.91. The number of nitrogens with one attached hydrogen (secondary N) is 4. The fourth-order valence-electron chi connectivity index (χ4n) is 5.56. The first-order valence-electron chi connectivity index (χ1n) is 17.2. The van der Waals surface area contributed by atoms with Crippen molar-refractivity contribution in [3.05, 3.63) is 179 Å². The predicted octanol–water partition coefficient (Wildman–Crippen LogP) is 10.3. The molecule has 0 aromatic heterocycles. The highest BCUT2D eigenvalue weighted by Crippen LogP contribution is 2.29. The van der Waals surface area contributed by atoms with Crippen molar-refractivity contribution in [3.63, 3.8) is 0 Å². The van der Waals surface area contributed by atoms with Crippen LogP contribution in [0.2, 0.25) is 0 Å². The molecule has 0 bridgehead atoms. The van der Waals surface area contributed by atoms with Crippen LogP contribution in [0.3, 0.4) is 0 Å². The molecule has 4 N–H and O–H groups in total. The van der Waals surface area contributed by atoms with Crippen LogP contribution in [-0.2, 0) is 0 Å². The summed E-state index contributed by atoms with van der Waals surface area (Å²) >= 11 is 0. The maximum Gasteiger partial charge on any atom is 0.0561 e. The Morgan fingerprint density at radius 1 is 0.569 bits per heavy atom. The standard InChI is InChI=1S/C44H43N7/c1-32-19-21-41(22-20-32)45-24-23-35-25-36(26-38(33(35)2)29-46-49-42-13-7-4-8-14-42)37-27-39(30-47-50-43-15-9-5-10-16-43)34(3)40(28-37)31-48-51-44-17-11-6-12-18-44/h4-19,21-32,45,49-51H,20H2,1-3H3/b24-23+,46-29+,47-30+,48-31+. The summed E-state index contributed by atoms with van der Waals surface area (Å²) in [7, 11) is 0. The van der Waals surface area contributed by atoms with Crippen molar-refractivity contribution in [2.45, 2.75) is 27.2 Å². The Morgan fingerprint density at radius 2 is 0.980 bits per heavy atom. The quantitative estimate of drug-likeness (QED) is 0.0743. The molecule has 1 unspecified atom stereocenters. The zero-order chi connectivity index (χ0) is 35.3. The maximum atomic E-state index is 4.61. The Balaban J connectivity index is 1.38. The summed E-state index contributed by atoms with van der Waals surface area (Å²) < 4.78 is 0. The van der Waals surface area contributed by atoms with Crippen LogP contribution in [0.15, 0.2) is 161 Å². The van der Waals surface area contributed by atoms with Crippen molar-refractivity contribution in [2.75, 3.05) is 16.3 Å². The van der Waals surface area contributed by atoms with Crippen molar-refractivity contribution in [3.8, 4) is 11.1 Å². The minimum Gasteiger partial charge on any atom is -0.362 e. The van der Waals surface area contributed by atoms with E-state index >= 15 is 0 Å². The van der Waals surface area contributed by atoms with Crippen LogP contribution in [0.5, 0.6) is 0 Å². The summed E-state index contributed by atoms with van der Waals surface area (Å²) in [5.74, 6) is 0.562. The molecule has 1 aliphatic carbocycles. The molecule has 0 spiro atoms. The second-order valence-corrected chi connectivity index (χ2v) is 12.5. The van der Waals surface area contributed by atoms with E-state index in [-0.39, 0.29) is 0 Å². The summed E-state index contributed by atoms with van der Waals surface area (Å²) in [6.07, 6.45) is 17.4. The lowest BCUT2D eigenvalue weighted by molar-refractivity contribution is 0.724. The molecule has 1 atom stereocenters. The van der Waals surface area contributed by atoms with Crippen molar-refractivity contribution >= 4 is 41.8 Å². The van der Waals surface area contributed by atoms with E-state index < -0.39 is 0 Å². The molecule has 6 rings (SSSR count). The lowest BCUT2D eigenvalue weighted by Gasteiger charge is -2.14. The molecule has 7 heteroatoms. The van der Waals surface area contributed by atoms with Gasteiger partial charge in [-0.05, 0) is 144 Å². The SMILES string of the molecule is Cc1c(/C=C/NC2=CCC(C)C=C2)cc(-c2cc(/C=N/Nc3ccccc3)c(C)c(/C=N/Nc3ccccc3)c2)cc1/C=N/Nc1ccccc1. The number of hydrazone groups is 3. The number of allylic oxidation sites excluding steroid dienone is 3. The summed E-state index contributed by atoms with van der Waals surface area (Å²) in [6.45, 7) is 6.45. The normalized spacial score (nSPS) is 14.4. The molecule has 254 valence electrons. The highest BCUT2D eigenvalue weighted by Gasteiger charge is 2.11. The average molecular weight is 670 g/mol. The van der Waals surface area contributed by atoms with E-state index in [2.05, 4.69) is 106 Å². The molecule has 1 aliphatic rings. The first kappa shape index (κ1) is 34.4. The van der Waals surface area contributed by atoms with Gasteiger partial charge in [0.25, 0.3) is 0 Å². The number of hydrogen-bond donors (Lipinski definition) is 4. The van der Waals surface area contributed by atoms with Crippen LogP contribution in [-0.4, -0.2) is 18.6 Å². The Labute approximate surface area is 300 Å². The first-order chi connectivity index (χ1) is 25.0. The zero-order valence-electron chi connectivity index (χ0n) is 29.2. The predicted molar refractivity (Wildman–Crippen MR) is 218 cm³/mol. The molecule has 0 saturated heterocycles. The van der Waals surface area contributed by atoms with Crippen molar-refractivity contribution in [2.24, 2.45) is 21.2 Å². The third-order valence-corrected chi connectivity index (χ3v) is 8.65. The lowest BCUT2D eigenvalue weighted by Crippen LogP contribution is -2.06. The van der Waals surface area contributed by atoms with Crippen molar-refractivity contribution < 1.29 is 0 Å². The van der Waals surface area contributed by atoms with Gasteiger partial charge < -0.3 is 5.32 Å². The van der Waals surface area contributed by atoms with Gasteiger partial charge in [0.05, 0.1) is 35.7 Å². The third-order valence-electron chi connectivity index (χ3n) is 8.65. The summed E-state index contributed by atoms with van der Waals surface area (Å²) in [4.78, 5) is 0. The van der Waals surface area contributed by atoms with E-state index in [9.17, 15) is 0 Å². The van der Waals surface area contributed by atoms with E-state index in [0.717, 1.165) is 73.7 Å². The number of nitrogens with zero attached hydrogens (tertiary/aromatic N) is 3. The smallest absolute Gasteiger partial charge is 0.0561 e. The van der Waals surface area contributed by atoms with Gasteiger partial charge in [-0.3, -0.25) is 16.3 Å². The van der Waals surface area contributed by atoms with Gasteiger partial charge in [0.1, 0.15) is 0 Å². The molecule has 0 heterocycles. The van der Waals surface area contributed by atoms with Crippen molar-refractivity contribution in [1.82, 2.24) is 5.32 Å². The van der Waals surface area contributed by atoms with Gasteiger partial charge in [-0.25, -0.2) is 0 Å². The number of benzene rings is 5. The van der Waals surface area contributed by atoms with Gasteiger partial charge in [0.15, 0.2) is 0 Å².